The van der Waals surface area contributed by atoms with Crippen molar-refractivity contribution in [3.05, 3.63) is 70.6 Å². The van der Waals surface area contributed by atoms with E-state index in [1.807, 2.05) is 24.3 Å². The van der Waals surface area contributed by atoms with Gasteiger partial charge >= 0.3 is 6.03 Å². The van der Waals surface area contributed by atoms with Gasteiger partial charge in [0.25, 0.3) is 5.91 Å². The third-order valence-corrected chi connectivity index (χ3v) is 5.74. The van der Waals surface area contributed by atoms with Crippen molar-refractivity contribution in [1.29, 1.82) is 0 Å². The monoisotopic (exact) mass is 409 g/mol. The van der Waals surface area contributed by atoms with Gasteiger partial charge < -0.3 is 16.0 Å². The predicted molar refractivity (Wildman–Crippen MR) is 119 cm³/mol. The Kier molecular flexibility index (Phi) is 7.64. The van der Waals surface area contributed by atoms with Crippen molar-refractivity contribution >= 4 is 33.4 Å². The second kappa shape index (κ2) is 10.6. The van der Waals surface area contributed by atoms with Gasteiger partial charge in [0, 0.05) is 29.9 Å². The van der Waals surface area contributed by atoms with Gasteiger partial charge in [0.05, 0.1) is 0 Å². The Hall–Kier alpha value is -2.86. The second-order valence-corrected chi connectivity index (χ2v) is 7.83. The van der Waals surface area contributed by atoms with Gasteiger partial charge in [-0.15, -0.1) is 11.3 Å². The maximum atomic E-state index is 12.0. The summed E-state index contributed by atoms with van der Waals surface area (Å²) in [5, 5.41) is 12.1. The molecule has 0 radical (unpaired) electrons. The fourth-order valence-corrected chi connectivity index (χ4v) is 4.03. The number of carbonyl (C=O) groups excluding carboxylic acids is 2. The van der Waals surface area contributed by atoms with Gasteiger partial charge in [-0.25, -0.2) is 4.79 Å². The summed E-state index contributed by atoms with van der Waals surface area (Å²) >= 11 is 1.73. The molecule has 0 aliphatic rings. The topological polar surface area (TPSA) is 70.2 Å². The van der Waals surface area contributed by atoms with Crippen LogP contribution in [0.3, 0.4) is 0 Å². The van der Waals surface area contributed by atoms with Crippen molar-refractivity contribution in [2.45, 2.75) is 32.7 Å². The van der Waals surface area contributed by atoms with Gasteiger partial charge in [-0.2, -0.15) is 0 Å². The number of urea groups is 1. The Morgan fingerprint density at radius 3 is 2.52 bits per heavy atom. The molecule has 5 nitrogen and oxygen atoms in total. The Balaban J connectivity index is 1.39. The molecule has 0 fully saturated rings. The van der Waals surface area contributed by atoms with Crippen LogP contribution in [0.5, 0.6) is 0 Å². The molecule has 3 aromatic rings. The number of unbranched alkanes of at least 4 members (excludes halogenated alkanes) is 1. The Morgan fingerprint density at radius 1 is 0.931 bits per heavy atom. The first-order valence-electron chi connectivity index (χ1n) is 10.0. The van der Waals surface area contributed by atoms with Crippen molar-refractivity contribution in [3.63, 3.8) is 0 Å². The van der Waals surface area contributed by atoms with Crippen molar-refractivity contribution < 1.29 is 9.59 Å². The molecule has 0 unspecified atom stereocenters. The number of nitrogens with one attached hydrogen (secondary N) is 3. The van der Waals surface area contributed by atoms with Crippen LogP contribution in [0.25, 0.3) is 10.1 Å². The first-order valence-corrected chi connectivity index (χ1v) is 10.9. The fourth-order valence-electron chi connectivity index (χ4n) is 3.04. The highest BCUT2D eigenvalue weighted by Gasteiger charge is 2.06. The van der Waals surface area contributed by atoms with Crippen LogP contribution in [-0.2, 0) is 13.0 Å². The normalized spacial score (nSPS) is 10.7. The van der Waals surface area contributed by atoms with Crippen LogP contribution in [0.2, 0.25) is 0 Å². The zero-order valence-corrected chi connectivity index (χ0v) is 17.5. The molecule has 0 aliphatic heterocycles. The molecular formula is C23H27N3O2S. The number of amides is 3. The van der Waals surface area contributed by atoms with Crippen LogP contribution in [0, 0.1) is 0 Å². The minimum Gasteiger partial charge on any atom is -0.352 e. The first-order chi connectivity index (χ1) is 14.2. The lowest BCUT2D eigenvalue weighted by molar-refractivity contribution is 0.0953. The fraction of sp³-hybridized carbons (Fsp3) is 0.304. The molecule has 0 saturated heterocycles. The highest BCUT2D eigenvalue weighted by Crippen LogP contribution is 2.25. The summed E-state index contributed by atoms with van der Waals surface area (Å²) in [5.74, 6) is -0.0587. The number of hydrogen-bond acceptors (Lipinski definition) is 3. The quantitative estimate of drug-likeness (QED) is 0.456. The lowest BCUT2D eigenvalue weighted by atomic mass is 10.1. The summed E-state index contributed by atoms with van der Waals surface area (Å²) in [7, 11) is 0. The molecule has 1 aromatic heterocycles. The maximum absolute atomic E-state index is 12.0. The Labute approximate surface area is 175 Å². The molecule has 3 N–H and O–H groups in total. The zero-order chi connectivity index (χ0) is 20.5. The van der Waals surface area contributed by atoms with E-state index in [1.54, 1.807) is 23.5 Å². The minimum atomic E-state index is -0.189. The van der Waals surface area contributed by atoms with E-state index in [-0.39, 0.29) is 11.9 Å². The number of rotatable bonds is 9. The smallest absolute Gasteiger partial charge is 0.315 e. The minimum absolute atomic E-state index is 0.0587. The Morgan fingerprint density at radius 2 is 1.72 bits per heavy atom. The van der Waals surface area contributed by atoms with Gasteiger partial charge in [0.15, 0.2) is 0 Å². The first kappa shape index (κ1) is 20.9. The lowest BCUT2D eigenvalue weighted by Crippen LogP contribution is -2.36. The number of thiophene rings is 1. The molecule has 3 rings (SSSR count). The van der Waals surface area contributed by atoms with Crippen LogP contribution in [0.4, 0.5) is 4.79 Å². The van der Waals surface area contributed by atoms with E-state index >= 15 is 0 Å². The molecule has 0 bridgehead atoms. The SMILES string of the molecule is CCCCNC(=O)c1ccc(CNC(=O)NCCc2csc3ccccc23)cc1. The second-order valence-electron chi connectivity index (χ2n) is 6.92. The molecule has 0 atom stereocenters. The molecular weight excluding hydrogens is 382 g/mol. The zero-order valence-electron chi connectivity index (χ0n) is 16.7. The molecule has 2 aromatic carbocycles. The highest BCUT2D eigenvalue weighted by atomic mass is 32.1. The molecule has 6 heteroatoms. The number of fused-ring (bicyclic) bond motifs is 1. The van der Waals surface area contributed by atoms with Crippen LogP contribution in [-0.4, -0.2) is 25.0 Å². The number of carbonyl (C=O) groups is 2. The van der Waals surface area contributed by atoms with Gasteiger partial charge in [-0.3, -0.25) is 4.79 Å². The number of hydrogen-bond donors (Lipinski definition) is 3. The molecule has 0 spiro atoms. The Bertz CT molecular complexity index is 950. The molecule has 1 heterocycles. The van der Waals surface area contributed by atoms with E-state index in [4.69, 9.17) is 0 Å². The van der Waals surface area contributed by atoms with Gasteiger partial charge in [-0.1, -0.05) is 43.7 Å². The van der Waals surface area contributed by atoms with E-state index in [0.29, 0.717) is 25.2 Å². The summed E-state index contributed by atoms with van der Waals surface area (Å²) in [4.78, 5) is 24.1. The standard InChI is InChI=1S/C23H27N3O2S/c1-2-3-13-24-22(27)18-10-8-17(9-11-18)15-26-23(28)25-14-12-19-16-29-21-7-5-4-6-20(19)21/h4-11,16H,2-3,12-15H2,1H3,(H,24,27)(H2,25,26,28). The van der Waals surface area contributed by atoms with Crippen molar-refractivity contribution in [3.8, 4) is 0 Å². The van der Waals surface area contributed by atoms with Crippen LogP contribution < -0.4 is 16.0 Å². The molecule has 0 saturated carbocycles. The van der Waals surface area contributed by atoms with Crippen LogP contribution in [0.1, 0.15) is 41.3 Å². The third-order valence-electron chi connectivity index (χ3n) is 4.73. The van der Waals surface area contributed by atoms with E-state index in [2.05, 4.69) is 40.4 Å². The average Bonchev–Trinajstić information content (AvgIpc) is 3.16. The molecule has 29 heavy (non-hydrogen) atoms. The van der Waals surface area contributed by atoms with E-state index in [1.165, 1.54) is 15.6 Å². The van der Waals surface area contributed by atoms with Crippen LogP contribution >= 0.6 is 11.3 Å². The summed E-state index contributed by atoms with van der Waals surface area (Å²) in [5.41, 5.74) is 2.85. The lowest BCUT2D eigenvalue weighted by Gasteiger charge is -2.09. The van der Waals surface area contributed by atoms with Gasteiger partial charge in [0.2, 0.25) is 0 Å². The van der Waals surface area contributed by atoms with Crippen molar-refractivity contribution in [2.75, 3.05) is 13.1 Å². The van der Waals surface area contributed by atoms with E-state index < -0.39 is 0 Å². The maximum Gasteiger partial charge on any atom is 0.315 e. The molecule has 3 amide bonds. The summed E-state index contributed by atoms with van der Waals surface area (Å²) in [6.45, 7) is 3.79. The predicted octanol–water partition coefficient (Wildman–Crippen LogP) is 4.47. The van der Waals surface area contributed by atoms with Crippen molar-refractivity contribution in [1.82, 2.24) is 16.0 Å². The van der Waals surface area contributed by atoms with E-state index in [0.717, 1.165) is 24.8 Å². The summed E-state index contributed by atoms with van der Waals surface area (Å²) in [6, 6.07) is 15.4. The average molecular weight is 410 g/mol. The largest absolute Gasteiger partial charge is 0.352 e. The van der Waals surface area contributed by atoms with Gasteiger partial charge in [-0.05, 0) is 52.9 Å². The summed E-state index contributed by atoms with van der Waals surface area (Å²) in [6.07, 6.45) is 2.83. The van der Waals surface area contributed by atoms with Gasteiger partial charge in [0.1, 0.15) is 0 Å². The third kappa shape index (κ3) is 6.06. The summed E-state index contributed by atoms with van der Waals surface area (Å²) < 4.78 is 1.27. The highest BCUT2D eigenvalue weighted by molar-refractivity contribution is 7.17. The molecule has 0 aliphatic carbocycles. The molecule has 152 valence electrons. The van der Waals surface area contributed by atoms with Crippen molar-refractivity contribution in [2.24, 2.45) is 0 Å². The van der Waals surface area contributed by atoms with Crippen LogP contribution in [0.15, 0.2) is 53.9 Å². The number of benzene rings is 2. The van der Waals surface area contributed by atoms with E-state index in [9.17, 15) is 9.59 Å².